The lowest BCUT2D eigenvalue weighted by Gasteiger charge is -2.33. The van der Waals surface area contributed by atoms with Gasteiger partial charge in [0, 0.05) is 0 Å². The van der Waals surface area contributed by atoms with Crippen molar-refractivity contribution in [2.24, 2.45) is 0 Å². The third-order valence-electron chi connectivity index (χ3n) is 6.47. The van der Waals surface area contributed by atoms with Crippen molar-refractivity contribution in [1.29, 1.82) is 0 Å². The van der Waals surface area contributed by atoms with E-state index in [2.05, 4.69) is 31.0 Å². The van der Waals surface area contributed by atoms with Crippen molar-refractivity contribution < 1.29 is 5.11 Å². The second-order valence-electron chi connectivity index (χ2n) is 8.97. The number of hydrogen-bond donors (Lipinski definition) is 2. The lowest BCUT2D eigenvalue weighted by molar-refractivity contribution is 0.0323. The molecule has 0 aliphatic heterocycles. The zero-order valence-corrected chi connectivity index (χ0v) is 20.7. The van der Waals surface area contributed by atoms with Crippen LogP contribution in [0.15, 0.2) is 0 Å². The van der Waals surface area contributed by atoms with E-state index in [1.165, 1.54) is 103 Å². The van der Waals surface area contributed by atoms with Gasteiger partial charge in [-0.25, -0.2) is 0 Å². The highest BCUT2D eigenvalue weighted by atomic mass is 16.3. The number of aliphatic hydroxyl groups excluding tert-OH is 1. The van der Waals surface area contributed by atoms with E-state index in [9.17, 15) is 5.11 Å². The van der Waals surface area contributed by atoms with Crippen molar-refractivity contribution in [3.8, 4) is 0 Å². The highest BCUT2D eigenvalue weighted by molar-refractivity contribution is 4.74. The first-order valence-corrected chi connectivity index (χ1v) is 13.3. The van der Waals surface area contributed by atoms with Gasteiger partial charge in [-0.1, -0.05) is 130 Å². The molecule has 176 valence electrons. The Balaban J connectivity index is 3.35. The number of unbranched alkanes of at least 4 members (excludes halogenated alkanes) is 16. The maximum absolute atomic E-state index is 10.5. The SMILES string of the molecule is CCCCCCCCCCCCCCCCCCCC(O)C(NC)N(CC)CC. The van der Waals surface area contributed by atoms with Crippen molar-refractivity contribution >= 4 is 0 Å². The summed E-state index contributed by atoms with van der Waals surface area (Å²) in [6.45, 7) is 8.59. The third kappa shape index (κ3) is 17.3. The average molecular weight is 413 g/mol. The van der Waals surface area contributed by atoms with Crippen LogP contribution in [0.5, 0.6) is 0 Å². The minimum atomic E-state index is -0.253. The van der Waals surface area contributed by atoms with Crippen LogP contribution in [0.3, 0.4) is 0 Å². The lowest BCUT2D eigenvalue weighted by atomic mass is 10.0. The number of hydrogen-bond acceptors (Lipinski definition) is 3. The van der Waals surface area contributed by atoms with Crippen LogP contribution in [0.1, 0.15) is 136 Å². The van der Waals surface area contributed by atoms with E-state index in [0.29, 0.717) is 0 Å². The zero-order valence-electron chi connectivity index (χ0n) is 20.7. The number of nitrogens with one attached hydrogen (secondary N) is 1. The summed E-state index contributed by atoms with van der Waals surface area (Å²) in [5, 5.41) is 13.7. The van der Waals surface area contributed by atoms with Crippen LogP contribution < -0.4 is 5.32 Å². The van der Waals surface area contributed by atoms with Crippen LogP contribution in [0, 0.1) is 0 Å². The Bertz CT molecular complexity index is 307. The molecule has 2 N–H and O–H groups in total. The maximum atomic E-state index is 10.5. The molecule has 0 fully saturated rings. The zero-order chi connectivity index (χ0) is 21.6. The van der Waals surface area contributed by atoms with Crippen LogP contribution in [0.4, 0.5) is 0 Å². The average Bonchev–Trinajstić information content (AvgIpc) is 2.73. The van der Waals surface area contributed by atoms with Crippen molar-refractivity contribution in [3.05, 3.63) is 0 Å². The monoisotopic (exact) mass is 412 g/mol. The fraction of sp³-hybridized carbons (Fsp3) is 1.00. The van der Waals surface area contributed by atoms with Gasteiger partial charge in [0.05, 0.1) is 12.3 Å². The summed E-state index contributed by atoms with van der Waals surface area (Å²) < 4.78 is 0. The van der Waals surface area contributed by atoms with Crippen molar-refractivity contribution in [3.63, 3.8) is 0 Å². The van der Waals surface area contributed by atoms with Crippen molar-refractivity contribution in [2.45, 2.75) is 149 Å². The Kier molecular flexibility index (Phi) is 22.5. The fourth-order valence-corrected chi connectivity index (χ4v) is 4.47. The van der Waals surface area contributed by atoms with Crippen molar-refractivity contribution in [2.75, 3.05) is 20.1 Å². The molecule has 0 amide bonds. The van der Waals surface area contributed by atoms with E-state index in [-0.39, 0.29) is 12.3 Å². The Morgan fingerprint density at radius 1 is 0.586 bits per heavy atom. The summed E-state index contributed by atoms with van der Waals surface area (Å²) in [5.41, 5.74) is 0. The Morgan fingerprint density at radius 3 is 1.24 bits per heavy atom. The maximum Gasteiger partial charge on any atom is 0.0862 e. The molecular formula is C26H56N2O. The molecule has 0 saturated heterocycles. The van der Waals surface area contributed by atoms with Gasteiger partial charge in [0.25, 0.3) is 0 Å². The predicted octanol–water partition coefficient (Wildman–Crippen LogP) is 7.28. The number of nitrogens with zero attached hydrogens (tertiary/aromatic N) is 1. The summed E-state index contributed by atoms with van der Waals surface area (Å²) in [6.07, 6.45) is 24.6. The van der Waals surface area contributed by atoms with E-state index in [1.54, 1.807) is 0 Å². The van der Waals surface area contributed by atoms with Crippen LogP contribution >= 0.6 is 0 Å². The van der Waals surface area contributed by atoms with Gasteiger partial charge in [0.2, 0.25) is 0 Å². The Morgan fingerprint density at radius 2 is 0.931 bits per heavy atom. The third-order valence-corrected chi connectivity index (χ3v) is 6.47. The molecule has 0 bridgehead atoms. The fourth-order valence-electron chi connectivity index (χ4n) is 4.47. The van der Waals surface area contributed by atoms with Gasteiger partial charge >= 0.3 is 0 Å². The molecular weight excluding hydrogens is 356 g/mol. The first kappa shape index (κ1) is 28.9. The first-order chi connectivity index (χ1) is 14.2. The molecule has 29 heavy (non-hydrogen) atoms. The highest BCUT2D eigenvalue weighted by Gasteiger charge is 2.21. The van der Waals surface area contributed by atoms with E-state index in [0.717, 1.165) is 25.9 Å². The molecule has 0 aromatic heterocycles. The van der Waals surface area contributed by atoms with Gasteiger partial charge in [-0.15, -0.1) is 0 Å². The molecule has 3 heteroatoms. The van der Waals surface area contributed by atoms with Crippen LogP contribution in [0.25, 0.3) is 0 Å². The second-order valence-corrected chi connectivity index (χ2v) is 8.97. The lowest BCUT2D eigenvalue weighted by Crippen LogP contribution is -2.51. The quantitative estimate of drug-likeness (QED) is 0.137. The molecule has 0 aromatic carbocycles. The molecule has 0 aromatic rings. The van der Waals surface area contributed by atoms with E-state index in [4.69, 9.17) is 0 Å². The molecule has 0 spiro atoms. The smallest absolute Gasteiger partial charge is 0.0862 e. The van der Waals surface area contributed by atoms with Crippen LogP contribution in [-0.4, -0.2) is 42.4 Å². The molecule has 0 rings (SSSR count). The molecule has 3 nitrogen and oxygen atoms in total. The molecule has 2 atom stereocenters. The number of rotatable bonds is 23. The van der Waals surface area contributed by atoms with E-state index < -0.39 is 0 Å². The van der Waals surface area contributed by atoms with Gasteiger partial charge in [-0.3, -0.25) is 4.90 Å². The molecule has 2 unspecified atom stereocenters. The minimum Gasteiger partial charge on any atom is -0.390 e. The summed E-state index contributed by atoms with van der Waals surface area (Å²) in [7, 11) is 1.96. The Hall–Kier alpha value is -0.120. The van der Waals surface area contributed by atoms with Crippen LogP contribution in [0.2, 0.25) is 0 Å². The van der Waals surface area contributed by atoms with E-state index >= 15 is 0 Å². The van der Waals surface area contributed by atoms with Gasteiger partial charge in [-0.2, -0.15) is 0 Å². The molecule has 0 saturated carbocycles. The normalized spacial score (nSPS) is 13.9. The minimum absolute atomic E-state index is 0.103. The van der Waals surface area contributed by atoms with Gasteiger partial charge in [0.15, 0.2) is 0 Å². The first-order valence-electron chi connectivity index (χ1n) is 13.3. The summed E-state index contributed by atoms with van der Waals surface area (Å²) in [5.74, 6) is 0. The number of likely N-dealkylation sites (N-methyl/N-ethyl adjacent to an activating group) is 2. The van der Waals surface area contributed by atoms with Crippen LogP contribution in [-0.2, 0) is 0 Å². The van der Waals surface area contributed by atoms with E-state index in [1.807, 2.05) is 7.05 Å². The van der Waals surface area contributed by atoms with Gasteiger partial charge in [-0.05, 0) is 26.6 Å². The van der Waals surface area contributed by atoms with Gasteiger partial charge in [0.1, 0.15) is 0 Å². The summed E-state index contributed by atoms with van der Waals surface area (Å²) in [4.78, 5) is 2.30. The number of aliphatic hydroxyl groups is 1. The summed E-state index contributed by atoms with van der Waals surface area (Å²) >= 11 is 0. The van der Waals surface area contributed by atoms with Crippen molar-refractivity contribution in [1.82, 2.24) is 10.2 Å². The Labute approximate surface area is 184 Å². The summed E-state index contributed by atoms with van der Waals surface area (Å²) in [6, 6.07) is 0. The topological polar surface area (TPSA) is 35.5 Å². The molecule has 0 aliphatic rings. The second kappa shape index (κ2) is 22.6. The molecule has 0 aliphatic carbocycles. The standard InChI is InChI=1S/C26H56N2O/c1-5-8-9-10-11-12-13-14-15-16-17-18-19-20-21-22-23-24-25(29)26(27-4)28(6-2)7-3/h25-27,29H,5-24H2,1-4H3. The molecule has 0 heterocycles. The van der Waals surface area contributed by atoms with Gasteiger partial charge < -0.3 is 10.4 Å². The highest BCUT2D eigenvalue weighted by Crippen LogP contribution is 2.15. The molecule has 0 radical (unpaired) electrons. The largest absolute Gasteiger partial charge is 0.390 e. The predicted molar refractivity (Wildman–Crippen MR) is 131 cm³/mol.